The Hall–Kier alpha value is -3.87. The Morgan fingerprint density at radius 3 is 2.58 bits per heavy atom. The Morgan fingerprint density at radius 1 is 1.03 bits per heavy atom. The van der Waals surface area contributed by atoms with E-state index in [1.165, 1.54) is 5.56 Å². The molecule has 0 saturated carbocycles. The summed E-state index contributed by atoms with van der Waals surface area (Å²) in [6.07, 6.45) is 0. The molecule has 7 heteroatoms. The molecular weight excluding hydrogens is 394 g/mol. The van der Waals surface area contributed by atoms with Crippen molar-refractivity contribution < 1.29 is 18.8 Å². The molecule has 5 rings (SSSR count). The number of rotatable bonds is 4. The highest BCUT2D eigenvalue weighted by Gasteiger charge is 2.23. The molecule has 2 aromatic heterocycles. The summed E-state index contributed by atoms with van der Waals surface area (Å²) in [4.78, 5) is 17.6. The molecule has 156 valence electrons. The molecule has 4 aromatic rings. The van der Waals surface area contributed by atoms with Gasteiger partial charge in [0.2, 0.25) is 6.79 Å². The number of nitrogens with one attached hydrogen (secondary N) is 1. The van der Waals surface area contributed by atoms with Crippen molar-refractivity contribution in [3.8, 4) is 22.8 Å². The molecule has 0 aliphatic carbocycles. The average molecular weight is 415 g/mol. The molecule has 31 heavy (non-hydrogen) atoms. The SMILES string of the molecule is Cc1cc(C(=O)Nc2ccc(C(C)C)cc2)c2c(-c3ccc4c(c3)OCO4)noc2n1. The number of carbonyl (C=O) groups excluding carboxylic acids is 1. The summed E-state index contributed by atoms with van der Waals surface area (Å²) in [7, 11) is 0. The van der Waals surface area contributed by atoms with Crippen LogP contribution in [0.2, 0.25) is 0 Å². The van der Waals surface area contributed by atoms with Crippen LogP contribution in [0, 0.1) is 6.92 Å². The normalized spacial score (nSPS) is 12.5. The van der Waals surface area contributed by atoms with Crippen molar-refractivity contribution in [2.75, 3.05) is 12.1 Å². The summed E-state index contributed by atoms with van der Waals surface area (Å²) < 4.78 is 16.3. The predicted octanol–water partition coefficient (Wildman–Crippen LogP) is 5.30. The van der Waals surface area contributed by atoms with Crippen molar-refractivity contribution >= 4 is 22.7 Å². The van der Waals surface area contributed by atoms with Gasteiger partial charge in [0.25, 0.3) is 11.6 Å². The first kappa shape index (κ1) is 19.1. The van der Waals surface area contributed by atoms with Crippen molar-refractivity contribution in [2.24, 2.45) is 0 Å². The minimum absolute atomic E-state index is 0.183. The van der Waals surface area contributed by atoms with Crippen molar-refractivity contribution in [2.45, 2.75) is 26.7 Å². The number of anilines is 1. The molecule has 2 aromatic carbocycles. The van der Waals surface area contributed by atoms with Gasteiger partial charge >= 0.3 is 0 Å². The zero-order valence-electron chi connectivity index (χ0n) is 17.4. The summed E-state index contributed by atoms with van der Waals surface area (Å²) in [6.45, 7) is 6.26. The Kier molecular flexibility index (Phi) is 4.58. The number of aromatic nitrogens is 2. The first-order chi connectivity index (χ1) is 15.0. The second-order valence-electron chi connectivity index (χ2n) is 7.82. The van der Waals surface area contributed by atoms with Crippen LogP contribution in [0.25, 0.3) is 22.4 Å². The van der Waals surface area contributed by atoms with E-state index < -0.39 is 0 Å². The summed E-state index contributed by atoms with van der Waals surface area (Å²) in [5, 5.41) is 7.73. The molecular formula is C24H21N3O4. The third-order valence-corrected chi connectivity index (χ3v) is 5.30. The van der Waals surface area contributed by atoms with E-state index in [1.54, 1.807) is 6.07 Å². The molecule has 0 spiro atoms. The zero-order chi connectivity index (χ0) is 21.5. The van der Waals surface area contributed by atoms with Crippen molar-refractivity contribution in [3.05, 3.63) is 65.4 Å². The highest BCUT2D eigenvalue weighted by molar-refractivity contribution is 6.14. The number of aryl methyl sites for hydroxylation is 1. The standard InChI is InChI=1S/C24H21N3O4/c1-13(2)15-4-7-17(8-5-15)26-23(28)18-10-14(3)25-24-21(18)22(27-31-24)16-6-9-19-20(11-16)30-12-29-19/h4-11,13H,12H2,1-3H3,(H,26,28). The predicted molar refractivity (Wildman–Crippen MR) is 117 cm³/mol. The topological polar surface area (TPSA) is 86.5 Å². The lowest BCUT2D eigenvalue weighted by molar-refractivity contribution is 0.102. The van der Waals surface area contributed by atoms with E-state index in [-0.39, 0.29) is 12.7 Å². The van der Waals surface area contributed by atoms with Gasteiger partial charge in [-0.05, 0) is 54.8 Å². The summed E-state index contributed by atoms with van der Waals surface area (Å²) in [5.41, 5.74) is 4.64. The minimum atomic E-state index is -0.252. The Bertz CT molecular complexity index is 1290. The molecule has 1 aliphatic heterocycles. The van der Waals surface area contributed by atoms with Gasteiger partial charge in [-0.25, -0.2) is 4.98 Å². The van der Waals surface area contributed by atoms with Gasteiger partial charge in [0.15, 0.2) is 11.5 Å². The van der Waals surface area contributed by atoms with E-state index in [1.807, 2.05) is 49.4 Å². The molecule has 0 fully saturated rings. The number of nitrogens with zero attached hydrogens (tertiary/aromatic N) is 2. The van der Waals surface area contributed by atoms with Gasteiger partial charge in [-0.2, -0.15) is 0 Å². The highest BCUT2D eigenvalue weighted by atomic mass is 16.7. The molecule has 3 heterocycles. The van der Waals surface area contributed by atoms with Gasteiger partial charge in [0.05, 0.1) is 10.9 Å². The number of amides is 1. The molecule has 0 saturated heterocycles. The lowest BCUT2D eigenvalue weighted by Gasteiger charge is -2.10. The van der Waals surface area contributed by atoms with Crippen LogP contribution in [0.1, 0.15) is 41.4 Å². The summed E-state index contributed by atoms with van der Waals surface area (Å²) in [5.74, 6) is 1.48. The van der Waals surface area contributed by atoms with Gasteiger partial charge in [-0.3, -0.25) is 4.79 Å². The zero-order valence-corrected chi connectivity index (χ0v) is 17.4. The van der Waals surface area contributed by atoms with Crippen LogP contribution in [0.15, 0.2) is 53.1 Å². The quantitative estimate of drug-likeness (QED) is 0.487. The Balaban J connectivity index is 1.55. The van der Waals surface area contributed by atoms with E-state index in [4.69, 9.17) is 14.0 Å². The average Bonchev–Trinajstić information content (AvgIpc) is 3.39. The van der Waals surface area contributed by atoms with E-state index in [9.17, 15) is 4.79 Å². The molecule has 0 radical (unpaired) electrons. The van der Waals surface area contributed by atoms with Gasteiger partial charge in [0.1, 0.15) is 5.69 Å². The van der Waals surface area contributed by atoms with Crippen LogP contribution in [0.5, 0.6) is 11.5 Å². The third-order valence-electron chi connectivity index (χ3n) is 5.30. The van der Waals surface area contributed by atoms with Crippen LogP contribution in [0.3, 0.4) is 0 Å². The first-order valence-corrected chi connectivity index (χ1v) is 10.1. The fourth-order valence-electron chi connectivity index (χ4n) is 3.64. The van der Waals surface area contributed by atoms with Crippen LogP contribution >= 0.6 is 0 Å². The van der Waals surface area contributed by atoms with Crippen LogP contribution in [-0.2, 0) is 0 Å². The van der Waals surface area contributed by atoms with Crippen molar-refractivity contribution in [1.29, 1.82) is 0 Å². The number of pyridine rings is 1. The lowest BCUT2D eigenvalue weighted by atomic mass is 10.0. The largest absolute Gasteiger partial charge is 0.454 e. The van der Waals surface area contributed by atoms with E-state index in [0.717, 1.165) is 11.3 Å². The molecule has 1 aliphatic rings. The molecule has 1 amide bonds. The fourth-order valence-corrected chi connectivity index (χ4v) is 3.64. The van der Waals surface area contributed by atoms with Crippen molar-refractivity contribution in [3.63, 3.8) is 0 Å². The monoisotopic (exact) mass is 415 g/mol. The molecule has 7 nitrogen and oxygen atoms in total. The van der Waals surface area contributed by atoms with Gasteiger partial charge in [-0.15, -0.1) is 0 Å². The number of ether oxygens (including phenoxy) is 2. The molecule has 1 N–H and O–H groups in total. The molecule has 0 unspecified atom stereocenters. The first-order valence-electron chi connectivity index (χ1n) is 10.1. The number of fused-ring (bicyclic) bond motifs is 2. The molecule has 0 atom stereocenters. The van der Waals surface area contributed by atoms with Crippen molar-refractivity contribution in [1.82, 2.24) is 10.1 Å². The molecule has 0 bridgehead atoms. The Labute approximate surface area is 179 Å². The number of hydrogen-bond acceptors (Lipinski definition) is 6. The van der Waals surface area contributed by atoms with E-state index >= 15 is 0 Å². The van der Waals surface area contributed by atoms with Crippen LogP contribution in [-0.4, -0.2) is 22.8 Å². The Morgan fingerprint density at radius 2 is 1.81 bits per heavy atom. The number of carbonyl (C=O) groups is 1. The van der Waals surface area contributed by atoms with Gasteiger partial charge in [0, 0.05) is 16.9 Å². The van der Waals surface area contributed by atoms with Crippen LogP contribution < -0.4 is 14.8 Å². The lowest BCUT2D eigenvalue weighted by Crippen LogP contribution is -2.13. The highest BCUT2D eigenvalue weighted by Crippen LogP contribution is 2.38. The summed E-state index contributed by atoms with van der Waals surface area (Å²) >= 11 is 0. The van der Waals surface area contributed by atoms with E-state index in [2.05, 4.69) is 29.3 Å². The number of hydrogen-bond donors (Lipinski definition) is 1. The second kappa shape index (κ2) is 7.43. The third kappa shape index (κ3) is 3.48. The fraction of sp³-hybridized carbons (Fsp3) is 0.208. The maximum Gasteiger partial charge on any atom is 0.259 e. The number of benzene rings is 2. The summed E-state index contributed by atoms with van der Waals surface area (Å²) in [6, 6.07) is 15.1. The van der Waals surface area contributed by atoms with Gasteiger partial charge < -0.3 is 19.3 Å². The maximum absolute atomic E-state index is 13.2. The second-order valence-corrected chi connectivity index (χ2v) is 7.82. The smallest absolute Gasteiger partial charge is 0.259 e. The van der Waals surface area contributed by atoms with E-state index in [0.29, 0.717) is 45.5 Å². The van der Waals surface area contributed by atoms with Gasteiger partial charge in [-0.1, -0.05) is 31.1 Å². The maximum atomic E-state index is 13.2. The van der Waals surface area contributed by atoms with Crippen LogP contribution in [0.4, 0.5) is 5.69 Å². The minimum Gasteiger partial charge on any atom is -0.454 e.